The molecule has 30 heavy (non-hydrogen) atoms. The minimum atomic E-state index is -0.319. The van der Waals surface area contributed by atoms with E-state index in [1.807, 2.05) is 37.0 Å². The molecule has 6 heteroatoms. The Balaban J connectivity index is 1.66. The molecule has 1 aliphatic carbocycles. The molecule has 2 aliphatic rings. The van der Waals surface area contributed by atoms with Crippen molar-refractivity contribution in [3.05, 3.63) is 16.3 Å². The molecule has 0 saturated carbocycles. The molecule has 0 radical (unpaired) electrons. The zero-order valence-electron chi connectivity index (χ0n) is 19.3. The average Bonchev–Trinajstić information content (AvgIpc) is 3.07. The number of hydrogen-bond acceptors (Lipinski definition) is 5. The maximum absolute atomic E-state index is 12.7. The van der Waals surface area contributed by atoms with Gasteiger partial charge in [0.05, 0.1) is 5.39 Å². The van der Waals surface area contributed by atoms with Crippen molar-refractivity contribution >= 4 is 33.3 Å². The van der Waals surface area contributed by atoms with Gasteiger partial charge >= 0.3 is 0 Å². The second-order valence-corrected chi connectivity index (χ2v) is 11.2. The molecule has 1 atom stereocenters. The number of carbonyl (C=O) groups is 1. The Morgan fingerprint density at radius 1 is 1.17 bits per heavy atom. The van der Waals surface area contributed by atoms with E-state index in [0.717, 1.165) is 69.4 Å². The Morgan fingerprint density at radius 2 is 1.90 bits per heavy atom. The Morgan fingerprint density at radius 3 is 2.57 bits per heavy atom. The summed E-state index contributed by atoms with van der Waals surface area (Å²) >= 11 is 1.90. The van der Waals surface area contributed by atoms with E-state index < -0.39 is 0 Å². The van der Waals surface area contributed by atoms with Crippen molar-refractivity contribution in [3.63, 3.8) is 0 Å². The van der Waals surface area contributed by atoms with Crippen LogP contribution in [0.3, 0.4) is 0 Å². The maximum atomic E-state index is 12.7. The number of carbonyl (C=O) groups excluding carboxylic acids is 1. The van der Waals surface area contributed by atoms with Gasteiger partial charge in [-0.1, -0.05) is 41.0 Å². The molecule has 1 saturated heterocycles. The van der Waals surface area contributed by atoms with E-state index in [4.69, 9.17) is 9.97 Å². The van der Waals surface area contributed by atoms with Crippen LogP contribution in [0, 0.1) is 11.3 Å². The zero-order chi connectivity index (χ0) is 21.5. The Bertz CT molecular complexity index is 921. The quantitative estimate of drug-likeness (QED) is 0.698. The highest BCUT2D eigenvalue weighted by molar-refractivity contribution is 7.19. The van der Waals surface area contributed by atoms with Gasteiger partial charge in [-0.3, -0.25) is 4.79 Å². The molecule has 0 spiro atoms. The molecule has 1 fully saturated rings. The number of thiophene rings is 1. The van der Waals surface area contributed by atoms with Gasteiger partial charge in [0, 0.05) is 42.9 Å². The summed E-state index contributed by atoms with van der Waals surface area (Å²) < 4.78 is 0. The lowest BCUT2D eigenvalue weighted by Crippen LogP contribution is -2.52. The van der Waals surface area contributed by atoms with Gasteiger partial charge in [0.1, 0.15) is 16.5 Å². The van der Waals surface area contributed by atoms with Crippen molar-refractivity contribution in [2.24, 2.45) is 11.3 Å². The predicted molar refractivity (Wildman–Crippen MR) is 125 cm³/mol. The van der Waals surface area contributed by atoms with Crippen molar-refractivity contribution in [2.75, 3.05) is 31.1 Å². The Hall–Kier alpha value is -1.69. The number of aryl methyl sites for hydroxylation is 2. The second kappa shape index (κ2) is 8.45. The van der Waals surface area contributed by atoms with E-state index >= 15 is 0 Å². The molecule has 164 valence electrons. The van der Waals surface area contributed by atoms with Crippen molar-refractivity contribution in [3.8, 4) is 0 Å². The predicted octanol–water partition coefficient (Wildman–Crippen LogP) is 4.85. The molecule has 0 aromatic carbocycles. The van der Waals surface area contributed by atoms with E-state index in [9.17, 15) is 4.79 Å². The molecule has 4 rings (SSSR count). The third kappa shape index (κ3) is 4.20. The van der Waals surface area contributed by atoms with Gasteiger partial charge in [0.2, 0.25) is 5.91 Å². The number of anilines is 1. The Labute approximate surface area is 184 Å². The molecule has 5 nitrogen and oxygen atoms in total. The van der Waals surface area contributed by atoms with Gasteiger partial charge in [0.15, 0.2) is 0 Å². The highest BCUT2D eigenvalue weighted by atomic mass is 32.1. The number of hydrogen-bond donors (Lipinski definition) is 0. The summed E-state index contributed by atoms with van der Waals surface area (Å²) in [6, 6.07) is 0. The van der Waals surface area contributed by atoms with Crippen LogP contribution in [0.2, 0.25) is 0 Å². The first-order chi connectivity index (χ1) is 14.3. The second-order valence-electron chi connectivity index (χ2n) is 10.1. The number of amides is 1. The average molecular weight is 429 g/mol. The molecule has 0 N–H and O–H groups in total. The van der Waals surface area contributed by atoms with Crippen LogP contribution < -0.4 is 4.90 Å². The summed E-state index contributed by atoms with van der Waals surface area (Å²) in [5.41, 5.74) is 1.18. The van der Waals surface area contributed by atoms with Crippen LogP contribution in [0.4, 0.5) is 5.82 Å². The SMILES string of the molecule is CCCCc1nc(N2CCN(C(=O)C(C)(C)C)CC2)c2c3c(sc2n1)CC(C)CC3. The van der Waals surface area contributed by atoms with Gasteiger partial charge in [-0.15, -0.1) is 11.3 Å². The molecule has 0 bridgehead atoms. The number of fused-ring (bicyclic) bond motifs is 3. The van der Waals surface area contributed by atoms with Crippen LogP contribution in [0.5, 0.6) is 0 Å². The monoisotopic (exact) mass is 428 g/mol. The lowest BCUT2D eigenvalue weighted by molar-refractivity contribution is -0.139. The highest BCUT2D eigenvalue weighted by Crippen LogP contribution is 2.41. The standard InChI is InChI=1S/C24H36N4OS/c1-6-7-8-19-25-21(27-11-13-28(14-12-27)23(29)24(3,4)5)20-17-10-9-16(2)15-18(17)30-22(20)26-19/h16H,6-15H2,1-5H3. The fraction of sp³-hybridized carbons (Fsp3) is 0.708. The summed E-state index contributed by atoms with van der Waals surface area (Å²) in [7, 11) is 0. The minimum Gasteiger partial charge on any atom is -0.352 e. The van der Waals surface area contributed by atoms with Crippen LogP contribution >= 0.6 is 11.3 Å². The van der Waals surface area contributed by atoms with E-state index in [1.165, 1.54) is 33.5 Å². The molecule has 1 unspecified atom stereocenters. The molecule has 1 aliphatic heterocycles. The summed E-state index contributed by atoms with van der Waals surface area (Å²) in [4.78, 5) is 29.9. The summed E-state index contributed by atoms with van der Waals surface area (Å²) in [6.07, 6.45) is 6.80. The maximum Gasteiger partial charge on any atom is 0.228 e. The van der Waals surface area contributed by atoms with Crippen molar-refractivity contribution in [1.29, 1.82) is 0 Å². The first-order valence-corrected chi connectivity index (χ1v) is 12.4. The van der Waals surface area contributed by atoms with E-state index in [0.29, 0.717) is 0 Å². The van der Waals surface area contributed by atoms with Gasteiger partial charge in [-0.25, -0.2) is 9.97 Å². The third-order valence-corrected chi connectivity index (χ3v) is 7.59. The van der Waals surface area contributed by atoms with Gasteiger partial charge in [-0.05, 0) is 37.2 Å². The molecule has 1 amide bonds. The van der Waals surface area contributed by atoms with Crippen LogP contribution in [0.15, 0.2) is 0 Å². The number of nitrogens with zero attached hydrogens (tertiary/aromatic N) is 4. The largest absolute Gasteiger partial charge is 0.352 e. The topological polar surface area (TPSA) is 49.3 Å². The van der Waals surface area contributed by atoms with E-state index in [2.05, 4.69) is 18.7 Å². The van der Waals surface area contributed by atoms with Crippen molar-refractivity contribution in [2.45, 2.75) is 73.1 Å². The van der Waals surface area contributed by atoms with Crippen molar-refractivity contribution < 1.29 is 4.79 Å². The van der Waals surface area contributed by atoms with Crippen LogP contribution in [-0.4, -0.2) is 47.0 Å². The third-order valence-electron chi connectivity index (χ3n) is 6.44. The van der Waals surface area contributed by atoms with Crippen LogP contribution in [0.1, 0.15) is 70.1 Å². The summed E-state index contributed by atoms with van der Waals surface area (Å²) in [5.74, 6) is 3.12. The smallest absolute Gasteiger partial charge is 0.228 e. The fourth-order valence-corrected chi connectivity index (χ4v) is 6.03. The molecule has 3 heterocycles. The highest BCUT2D eigenvalue weighted by Gasteiger charge is 2.32. The fourth-order valence-electron chi connectivity index (χ4n) is 4.64. The van der Waals surface area contributed by atoms with Crippen molar-refractivity contribution in [1.82, 2.24) is 14.9 Å². The van der Waals surface area contributed by atoms with Crippen LogP contribution in [-0.2, 0) is 24.1 Å². The lowest BCUT2D eigenvalue weighted by Gasteiger charge is -2.38. The zero-order valence-corrected chi connectivity index (χ0v) is 20.1. The minimum absolute atomic E-state index is 0.250. The van der Waals surface area contributed by atoms with E-state index in [-0.39, 0.29) is 11.3 Å². The first kappa shape index (κ1) is 21.5. The number of rotatable bonds is 4. The number of aromatic nitrogens is 2. The molecule has 2 aromatic rings. The van der Waals surface area contributed by atoms with Gasteiger partial charge < -0.3 is 9.80 Å². The normalized spacial score (nSPS) is 20.0. The molecule has 2 aromatic heterocycles. The lowest BCUT2D eigenvalue weighted by atomic mass is 9.89. The van der Waals surface area contributed by atoms with Crippen LogP contribution in [0.25, 0.3) is 10.2 Å². The number of unbranched alkanes of at least 4 members (excludes halogenated alkanes) is 1. The summed E-state index contributed by atoms with van der Waals surface area (Å²) in [5, 5.41) is 1.30. The molecular weight excluding hydrogens is 392 g/mol. The molecular formula is C24H36N4OS. The number of piperazine rings is 1. The summed E-state index contributed by atoms with van der Waals surface area (Å²) in [6.45, 7) is 13.8. The van der Waals surface area contributed by atoms with Gasteiger partial charge in [0.25, 0.3) is 0 Å². The van der Waals surface area contributed by atoms with Gasteiger partial charge in [-0.2, -0.15) is 0 Å². The first-order valence-electron chi connectivity index (χ1n) is 11.6. The van der Waals surface area contributed by atoms with E-state index in [1.54, 1.807) is 0 Å². The Kier molecular flexibility index (Phi) is 6.06.